The molecule has 0 saturated heterocycles. The van der Waals surface area contributed by atoms with Crippen LogP contribution in [0.15, 0.2) is 194 Å². The van der Waals surface area contributed by atoms with Crippen LogP contribution in [0.1, 0.15) is 24.1 Å². The van der Waals surface area contributed by atoms with Crippen molar-refractivity contribution in [2.24, 2.45) is 5.92 Å². The Morgan fingerprint density at radius 1 is 0.571 bits per heavy atom. The molecule has 8 aromatic rings. The van der Waals surface area contributed by atoms with Crippen LogP contribution in [0.25, 0.3) is 55.8 Å². The minimum absolute atomic E-state index is 0. The number of halogens is 3. The van der Waals surface area contributed by atoms with Gasteiger partial charge in [0, 0.05) is 84.5 Å². The molecule has 0 amide bonds. The van der Waals surface area contributed by atoms with Crippen LogP contribution < -0.4 is 0 Å². The number of fused-ring (bicyclic) bond motifs is 6. The Hall–Kier alpha value is -4.34. The smallest absolute Gasteiger partial charge is 0.180 e. The van der Waals surface area contributed by atoms with Crippen molar-refractivity contribution in [3.05, 3.63) is 205 Å². The molecule has 10 rings (SSSR count). The first-order valence-corrected chi connectivity index (χ1v) is 21.5. The molecule has 330 valence electrons. The van der Waals surface area contributed by atoms with E-state index in [1.807, 2.05) is 72.8 Å². The third-order valence-electron chi connectivity index (χ3n) is 9.76. The van der Waals surface area contributed by atoms with Crippen molar-refractivity contribution in [2.75, 3.05) is 26.4 Å². The molecular formula is C53H49Cl3N2O3Pd2. The van der Waals surface area contributed by atoms with E-state index in [9.17, 15) is 4.79 Å². The van der Waals surface area contributed by atoms with Crippen LogP contribution in [0.5, 0.6) is 0 Å². The number of carbonyl (C=O) groups excluding carboxylic acids is 1. The molecule has 2 aliphatic rings. The molecule has 2 aromatic heterocycles. The number of ether oxygens (including phenoxy) is 2. The molecule has 0 saturated carbocycles. The summed E-state index contributed by atoms with van der Waals surface area (Å²) in [5.41, 5.74) is 7.04. The Bertz CT molecular complexity index is 2550. The van der Waals surface area contributed by atoms with E-state index in [4.69, 9.17) is 44.3 Å². The fourth-order valence-corrected chi connectivity index (χ4v) is 7.00. The van der Waals surface area contributed by atoms with Crippen LogP contribution in [0.4, 0.5) is 0 Å². The predicted molar refractivity (Wildman–Crippen MR) is 261 cm³/mol. The van der Waals surface area contributed by atoms with E-state index in [1.54, 1.807) is 12.2 Å². The fourth-order valence-electron chi connectivity index (χ4n) is 7.00. The van der Waals surface area contributed by atoms with Crippen molar-refractivity contribution in [3.63, 3.8) is 0 Å². The summed E-state index contributed by atoms with van der Waals surface area (Å²) in [6, 6.07) is 53.8. The van der Waals surface area contributed by atoms with Crippen LogP contribution in [-0.4, -0.2) is 46.1 Å². The number of nitrogens with zero attached hydrogens (tertiary/aromatic N) is 1. The summed E-state index contributed by atoms with van der Waals surface area (Å²) in [4.78, 5) is 15.0. The summed E-state index contributed by atoms with van der Waals surface area (Å²) in [7, 11) is 0. The second-order valence-corrected chi connectivity index (χ2v) is 16.2. The zero-order valence-electron chi connectivity index (χ0n) is 34.6. The fraction of sp³-hybridized carbons (Fsp3) is 0.151. The molecule has 5 nitrogen and oxygen atoms in total. The van der Waals surface area contributed by atoms with Gasteiger partial charge in [-0.2, -0.15) is 0 Å². The van der Waals surface area contributed by atoms with Crippen LogP contribution in [-0.2, 0) is 55.1 Å². The summed E-state index contributed by atoms with van der Waals surface area (Å²) >= 11 is 14.4. The van der Waals surface area contributed by atoms with Gasteiger partial charge < -0.3 is 19.0 Å². The Kier molecular flexibility index (Phi) is 22.6. The molecule has 2 atom stereocenters. The summed E-state index contributed by atoms with van der Waals surface area (Å²) in [5, 5.41) is 5.24. The van der Waals surface area contributed by atoms with Gasteiger partial charge in [0.15, 0.2) is 10.1 Å². The number of alkyl halides is 3. The number of aromatic nitrogens is 2. The summed E-state index contributed by atoms with van der Waals surface area (Å²) in [6.07, 6.45) is 15.4. The summed E-state index contributed by atoms with van der Waals surface area (Å²) in [6.45, 7) is 5.34. The van der Waals surface area contributed by atoms with Gasteiger partial charge in [-0.05, 0) is 53.5 Å². The normalized spacial score (nSPS) is 15.3. The second kappa shape index (κ2) is 27.8. The SMILES string of the molecule is C1=CC(n2c3ccccc3c3ccccc32)COC1.CC1C=CCOC1.ClC(Cl)Cl.O=C(/C=C/c1ccccc1)/C=C/c1ccccc1.[Pd].[Pd].c1ccc2c(c1)[nH]c1ccccc12. The largest absolute Gasteiger partial charge is 0.377 e. The minimum Gasteiger partial charge on any atom is -0.377 e. The van der Waals surface area contributed by atoms with E-state index in [2.05, 4.69) is 138 Å². The predicted octanol–water partition coefficient (Wildman–Crippen LogP) is 14.4. The number of benzene rings is 6. The average molecular weight is 1080 g/mol. The first-order valence-electron chi connectivity index (χ1n) is 20.2. The van der Waals surface area contributed by atoms with Gasteiger partial charge in [0.25, 0.3) is 0 Å². The molecule has 0 aliphatic carbocycles. The van der Waals surface area contributed by atoms with Crippen LogP contribution >= 0.6 is 34.8 Å². The number of carbonyl (C=O) groups is 1. The van der Waals surface area contributed by atoms with E-state index >= 15 is 0 Å². The number of allylic oxidation sites excluding steroid dienone is 2. The van der Waals surface area contributed by atoms with Crippen LogP contribution in [0, 0.1) is 5.92 Å². The van der Waals surface area contributed by atoms with Crippen LogP contribution in [0.2, 0.25) is 0 Å². The van der Waals surface area contributed by atoms with E-state index in [-0.39, 0.29) is 46.6 Å². The maximum Gasteiger partial charge on any atom is 0.180 e. The van der Waals surface area contributed by atoms with Crippen molar-refractivity contribution in [3.8, 4) is 0 Å². The van der Waals surface area contributed by atoms with Gasteiger partial charge in [-0.3, -0.25) is 4.79 Å². The van der Waals surface area contributed by atoms with Crippen molar-refractivity contribution in [1.29, 1.82) is 0 Å². The molecule has 2 aliphatic heterocycles. The van der Waals surface area contributed by atoms with E-state index in [1.165, 1.54) is 43.6 Å². The average Bonchev–Trinajstić information content (AvgIpc) is 3.85. The number of aromatic amines is 1. The van der Waals surface area contributed by atoms with Crippen LogP contribution in [0.3, 0.4) is 0 Å². The van der Waals surface area contributed by atoms with Crippen molar-refractivity contribution >= 4 is 96.3 Å². The molecule has 0 fully saturated rings. The monoisotopic (exact) mass is 1080 g/mol. The van der Waals surface area contributed by atoms with Gasteiger partial charge in [-0.25, -0.2) is 0 Å². The third-order valence-corrected chi connectivity index (χ3v) is 9.76. The number of rotatable bonds is 5. The summed E-state index contributed by atoms with van der Waals surface area (Å²) < 4.78 is 12.3. The molecular weight excluding hydrogens is 1030 g/mol. The van der Waals surface area contributed by atoms with Gasteiger partial charge in [-0.1, -0.05) is 212 Å². The molecule has 10 heteroatoms. The van der Waals surface area contributed by atoms with E-state index in [0.717, 1.165) is 37.6 Å². The molecule has 63 heavy (non-hydrogen) atoms. The second-order valence-electron chi connectivity index (χ2n) is 14.2. The molecule has 4 heterocycles. The molecule has 0 radical (unpaired) electrons. The van der Waals surface area contributed by atoms with E-state index in [0.29, 0.717) is 12.0 Å². The number of ketones is 1. The molecule has 0 spiro atoms. The summed E-state index contributed by atoms with van der Waals surface area (Å²) in [5.74, 6) is 0.622. The van der Waals surface area contributed by atoms with Crippen molar-refractivity contribution in [2.45, 2.75) is 17.3 Å². The number of nitrogens with one attached hydrogen (secondary N) is 1. The first-order chi connectivity index (χ1) is 29.9. The maximum absolute atomic E-state index is 11.6. The van der Waals surface area contributed by atoms with Gasteiger partial charge in [0.1, 0.15) is 0 Å². The Morgan fingerprint density at radius 3 is 1.37 bits per heavy atom. The van der Waals surface area contributed by atoms with Gasteiger partial charge in [0.05, 0.1) is 32.5 Å². The zero-order valence-corrected chi connectivity index (χ0v) is 40.0. The van der Waals surface area contributed by atoms with Gasteiger partial charge in [-0.15, -0.1) is 0 Å². The molecule has 2 unspecified atom stereocenters. The topological polar surface area (TPSA) is 56.2 Å². The number of hydrogen-bond acceptors (Lipinski definition) is 3. The number of para-hydroxylation sites is 4. The third kappa shape index (κ3) is 16.0. The minimum atomic E-state index is -0.750. The first kappa shape index (κ1) is 51.3. The van der Waals surface area contributed by atoms with Crippen molar-refractivity contribution in [1.82, 2.24) is 9.55 Å². The number of hydrogen-bond donors (Lipinski definition) is 1. The molecule has 1 N–H and O–H groups in total. The Morgan fingerprint density at radius 2 is 0.968 bits per heavy atom. The quantitative estimate of drug-likeness (QED) is 0.0809. The van der Waals surface area contributed by atoms with Gasteiger partial charge >= 0.3 is 0 Å². The molecule has 0 bridgehead atoms. The molecule has 6 aromatic carbocycles. The standard InChI is InChI=1S/C17H15NO.C17H14O.C12H9N.C6H10O.CHCl3.2Pd/c1-3-9-16-14(7-1)15-8-2-4-10-17(15)18(16)13-6-5-11-19-12-13;18-17(13-11-15-7-3-1-4-8-15)14-12-16-9-5-2-6-10-16;1-3-7-11-9(5-1)10-6-2-4-8-12(10)13-11;1-6-3-2-4-7-5-6;2-1(3)4;;/h1-10,13H,11-12H2;1-14H;1-8,13H;2-3,6H,4-5H2,1H3;1H;;/b;13-11+,14-12+;;;;;. The Balaban J connectivity index is 0.000000185. The maximum atomic E-state index is 11.6. The zero-order chi connectivity index (χ0) is 42.7. The Labute approximate surface area is 412 Å². The van der Waals surface area contributed by atoms with Crippen molar-refractivity contribution < 1.29 is 55.1 Å². The number of H-pyrrole nitrogens is 1. The van der Waals surface area contributed by atoms with Gasteiger partial charge in [0.2, 0.25) is 0 Å². The van der Waals surface area contributed by atoms with E-state index < -0.39 is 4.30 Å².